The quantitative estimate of drug-likeness (QED) is 0.667. The molecule has 0 spiro atoms. The fraction of sp³-hybridized carbons (Fsp3) is 0.200. The average molecular weight is 387 g/mol. The molecule has 0 bridgehead atoms. The largest absolute Gasteiger partial charge is 0.492 e. The number of rotatable bonds is 6. The molecule has 0 radical (unpaired) electrons. The number of nitrogens with one attached hydrogen (secondary N) is 1. The number of anilines is 1. The topological polar surface area (TPSA) is 82.6 Å². The number of aromatic nitrogens is 1. The van der Waals surface area contributed by atoms with Gasteiger partial charge in [-0.05, 0) is 37.3 Å². The van der Waals surface area contributed by atoms with Gasteiger partial charge in [0.05, 0.1) is 18.7 Å². The van der Waals surface area contributed by atoms with Crippen LogP contribution in [0.15, 0.2) is 42.5 Å². The number of carbonyl (C=O) groups excluding carboxylic acids is 1. The number of H-pyrrole nitrogens is 1. The van der Waals surface area contributed by atoms with Crippen LogP contribution in [0.5, 0.6) is 5.75 Å². The number of para-hydroxylation sites is 2. The molecule has 6 nitrogen and oxygen atoms in total. The molecule has 1 aromatic heterocycles. The maximum atomic E-state index is 12.9. The van der Waals surface area contributed by atoms with Crippen LogP contribution in [0.25, 0.3) is 10.9 Å². The minimum absolute atomic E-state index is 0.00731. The smallest absolute Gasteiger partial charge is 0.352 e. The van der Waals surface area contributed by atoms with E-state index in [0.717, 1.165) is 0 Å². The summed E-state index contributed by atoms with van der Waals surface area (Å²) >= 11 is 6.06. The molecule has 3 aromatic rings. The van der Waals surface area contributed by atoms with E-state index in [1.54, 1.807) is 37.4 Å². The minimum atomic E-state index is -1.12. The van der Waals surface area contributed by atoms with E-state index in [4.69, 9.17) is 16.3 Å². The highest BCUT2D eigenvalue weighted by atomic mass is 35.5. The SMILES string of the molecule is CCOc1ccccc1N(C)C(=O)Cc1c(C(=O)O)[nH]c2ccc(Cl)cc12. The molecule has 140 valence electrons. The van der Waals surface area contributed by atoms with Crippen molar-refractivity contribution in [2.75, 3.05) is 18.6 Å². The number of amides is 1. The van der Waals surface area contributed by atoms with Crippen molar-refractivity contribution in [2.24, 2.45) is 0 Å². The Morgan fingerprint density at radius 3 is 2.67 bits per heavy atom. The number of nitrogens with zero attached hydrogens (tertiary/aromatic N) is 1. The molecule has 2 N–H and O–H groups in total. The summed E-state index contributed by atoms with van der Waals surface area (Å²) in [5.74, 6) is -0.788. The molecule has 7 heteroatoms. The molecule has 0 aliphatic rings. The summed E-state index contributed by atoms with van der Waals surface area (Å²) in [7, 11) is 1.64. The molecule has 0 saturated heterocycles. The Morgan fingerprint density at radius 1 is 1.22 bits per heavy atom. The van der Waals surface area contributed by atoms with Crippen molar-refractivity contribution in [3.8, 4) is 5.75 Å². The fourth-order valence-corrected chi connectivity index (χ4v) is 3.17. The highest BCUT2D eigenvalue weighted by molar-refractivity contribution is 6.31. The summed E-state index contributed by atoms with van der Waals surface area (Å²) < 4.78 is 5.58. The van der Waals surface area contributed by atoms with E-state index < -0.39 is 5.97 Å². The monoisotopic (exact) mass is 386 g/mol. The van der Waals surface area contributed by atoms with Crippen LogP contribution in [-0.2, 0) is 11.2 Å². The van der Waals surface area contributed by atoms with Crippen molar-refractivity contribution in [1.29, 1.82) is 0 Å². The number of carboxylic acids is 1. The first-order valence-electron chi connectivity index (χ1n) is 8.44. The van der Waals surface area contributed by atoms with Crippen molar-refractivity contribution in [3.05, 3.63) is 58.7 Å². The summed E-state index contributed by atoms with van der Waals surface area (Å²) in [5.41, 5.74) is 1.65. The number of carboxylic acid groups (broad SMARTS) is 1. The predicted molar refractivity (Wildman–Crippen MR) is 105 cm³/mol. The van der Waals surface area contributed by atoms with Gasteiger partial charge in [0.25, 0.3) is 0 Å². The number of aromatic carboxylic acids is 1. The summed E-state index contributed by atoms with van der Waals surface area (Å²) in [6.45, 7) is 2.34. The Morgan fingerprint density at radius 2 is 1.96 bits per heavy atom. The van der Waals surface area contributed by atoms with Crippen molar-refractivity contribution in [2.45, 2.75) is 13.3 Å². The molecule has 0 unspecified atom stereocenters. The second-order valence-electron chi connectivity index (χ2n) is 6.00. The molecule has 0 saturated carbocycles. The van der Waals surface area contributed by atoms with Crippen LogP contribution in [-0.4, -0.2) is 35.6 Å². The van der Waals surface area contributed by atoms with E-state index in [-0.39, 0.29) is 18.0 Å². The number of hydrogen-bond acceptors (Lipinski definition) is 3. The molecule has 2 aromatic carbocycles. The van der Waals surface area contributed by atoms with Gasteiger partial charge in [-0.25, -0.2) is 4.79 Å². The van der Waals surface area contributed by atoms with Crippen LogP contribution >= 0.6 is 11.6 Å². The summed E-state index contributed by atoms with van der Waals surface area (Å²) in [4.78, 5) is 28.9. The number of benzene rings is 2. The van der Waals surface area contributed by atoms with Gasteiger partial charge in [-0.2, -0.15) is 0 Å². The van der Waals surface area contributed by atoms with Crippen LogP contribution in [0.1, 0.15) is 23.0 Å². The first kappa shape index (κ1) is 18.8. The number of carbonyl (C=O) groups is 2. The molecule has 0 fully saturated rings. The Bertz CT molecular complexity index is 1010. The lowest BCUT2D eigenvalue weighted by molar-refractivity contribution is -0.117. The van der Waals surface area contributed by atoms with Crippen molar-refractivity contribution < 1.29 is 19.4 Å². The first-order chi connectivity index (χ1) is 12.9. The molecule has 27 heavy (non-hydrogen) atoms. The van der Waals surface area contributed by atoms with E-state index in [9.17, 15) is 14.7 Å². The van der Waals surface area contributed by atoms with Crippen molar-refractivity contribution in [1.82, 2.24) is 4.98 Å². The lowest BCUT2D eigenvalue weighted by atomic mass is 10.1. The number of fused-ring (bicyclic) bond motifs is 1. The zero-order chi connectivity index (χ0) is 19.6. The lowest BCUT2D eigenvalue weighted by Crippen LogP contribution is -2.28. The normalized spacial score (nSPS) is 10.8. The van der Waals surface area contributed by atoms with Crippen molar-refractivity contribution >= 4 is 40.1 Å². The van der Waals surface area contributed by atoms with Gasteiger partial charge in [-0.1, -0.05) is 23.7 Å². The molecule has 1 heterocycles. The van der Waals surface area contributed by atoms with Crippen LogP contribution in [0.3, 0.4) is 0 Å². The van der Waals surface area contributed by atoms with Gasteiger partial charge in [0.2, 0.25) is 5.91 Å². The number of hydrogen-bond donors (Lipinski definition) is 2. The number of aromatic amines is 1. The Labute approximate surface area is 161 Å². The second kappa shape index (κ2) is 7.72. The third-order valence-corrected chi connectivity index (χ3v) is 4.55. The highest BCUT2D eigenvalue weighted by Gasteiger charge is 2.23. The molecule has 1 amide bonds. The Balaban J connectivity index is 1.97. The minimum Gasteiger partial charge on any atom is -0.492 e. The van der Waals surface area contributed by atoms with E-state index in [2.05, 4.69) is 4.98 Å². The molecule has 3 rings (SSSR count). The van der Waals surface area contributed by atoms with Crippen LogP contribution in [0.4, 0.5) is 5.69 Å². The van der Waals surface area contributed by atoms with Crippen LogP contribution in [0.2, 0.25) is 5.02 Å². The Hall–Kier alpha value is -2.99. The number of likely N-dealkylation sites (N-methyl/N-ethyl adjacent to an activating group) is 1. The summed E-state index contributed by atoms with van der Waals surface area (Å²) in [5, 5.41) is 10.6. The third-order valence-electron chi connectivity index (χ3n) is 4.31. The third kappa shape index (κ3) is 3.75. The number of halogens is 1. The zero-order valence-electron chi connectivity index (χ0n) is 15.0. The molecule has 0 aliphatic heterocycles. The maximum Gasteiger partial charge on any atom is 0.352 e. The van der Waals surface area contributed by atoms with E-state index in [1.165, 1.54) is 4.90 Å². The molecular formula is C20H19ClN2O4. The highest BCUT2D eigenvalue weighted by Crippen LogP contribution is 2.30. The fourth-order valence-electron chi connectivity index (χ4n) is 3.00. The van der Waals surface area contributed by atoms with Crippen molar-refractivity contribution in [3.63, 3.8) is 0 Å². The number of ether oxygens (including phenoxy) is 1. The van der Waals surface area contributed by atoms with Crippen LogP contribution < -0.4 is 9.64 Å². The van der Waals surface area contributed by atoms with E-state index in [1.807, 2.05) is 19.1 Å². The van der Waals surface area contributed by atoms with Gasteiger partial charge in [0.1, 0.15) is 11.4 Å². The average Bonchev–Trinajstić information content (AvgIpc) is 3.00. The standard InChI is InChI=1S/C20H19ClN2O4/c1-3-27-17-7-5-4-6-16(17)23(2)18(24)11-14-13-10-12(21)8-9-15(13)22-19(14)20(25)26/h4-10,22H,3,11H2,1-2H3,(H,25,26). The summed E-state index contributed by atoms with van der Waals surface area (Å²) in [6.07, 6.45) is -0.0844. The van der Waals surface area contributed by atoms with Gasteiger partial charge < -0.3 is 19.7 Å². The summed E-state index contributed by atoms with van der Waals surface area (Å²) in [6, 6.07) is 12.3. The molecule has 0 aliphatic carbocycles. The first-order valence-corrected chi connectivity index (χ1v) is 8.82. The molecular weight excluding hydrogens is 368 g/mol. The lowest BCUT2D eigenvalue weighted by Gasteiger charge is -2.20. The van der Waals surface area contributed by atoms with Gasteiger partial charge >= 0.3 is 5.97 Å². The van der Waals surface area contributed by atoms with Gasteiger partial charge in [-0.15, -0.1) is 0 Å². The van der Waals surface area contributed by atoms with E-state index in [0.29, 0.717) is 39.5 Å². The molecule has 0 atom stereocenters. The second-order valence-corrected chi connectivity index (χ2v) is 6.44. The van der Waals surface area contributed by atoms with Gasteiger partial charge in [-0.3, -0.25) is 4.79 Å². The van der Waals surface area contributed by atoms with Gasteiger partial charge in [0.15, 0.2) is 0 Å². The zero-order valence-corrected chi connectivity index (χ0v) is 15.7. The van der Waals surface area contributed by atoms with Crippen LogP contribution in [0, 0.1) is 0 Å². The van der Waals surface area contributed by atoms with E-state index >= 15 is 0 Å². The predicted octanol–water partition coefficient (Wildman–Crippen LogP) is 4.12. The Kier molecular flexibility index (Phi) is 5.37. The maximum absolute atomic E-state index is 12.9. The van der Waals surface area contributed by atoms with Gasteiger partial charge in [0, 0.05) is 28.5 Å².